The lowest BCUT2D eigenvalue weighted by molar-refractivity contribution is -0.139. The predicted molar refractivity (Wildman–Crippen MR) is 122 cm³/mol. The lowest BCUT2D eigenvalue weighted by Gasteiger charge is -2.09. The van der Waals surface area contributed by atoms with Crippen molar-refractivity contribution in [1.82, 2.24) is 15.3 Å². The summed E-state index contributed by atoms with van der Waals surface area (Å²) < 4.78 is 3.12. The van der Waals surface area contributed by atoms with Gasteiger partial charge in [-0.1, -0.05) is 46.3 Å². The highest BCUT2D eigenvalue weighted by molar-refractivity contribution is 9.10. The van der Waals surface area contributed by atoms with E-state index in [-0.39, 0.29) is 0 Å². The first-order valence-corrected chi connectivity index (χ1v) is 10.3. The van der Waals surface area contributed by atoms with E-state index in [0.717, 1.165) is 32.7 Å². The molecule has 3 aromatic rings. The second kappa shape index (κ2) is 10.0. The van der Waals surface area contributed by atoms with Crippen molar-refractivity contribution in [2.75, 3.05) is 6.54 Å². The Balaban J connectivity index is 1.55. The molecule has 0 aliphatic heterocycles. The molecule has 154 valence electrons. The number of nitrogens with one attached hydrogen (secondary N) is 2. The molecule has 2 amide bonds. The van der Waals surface area contributed by atoms with Crippen molar-refractivity contribution >= 4 is 34.0 Å². The van der Waals surface area contributed by atoms with Gasteiger partial charge in [0.15, 0.2) is 0 Å². The molecule has 0 aliphatic rings. The van der Waals surface area contributed by atoms with Crippen molar-refractivity contribution in [3.8, 4) is 5.69 Å². The van der Waals surface area contributed by atoms with E-state index >= 15 is 0 Å². The van der Waals surface area contributed by atoms with E-state index in [2.05, 4.69) is 36.3 Å². The summed E-state index contributed by atoms with van der Waals surface area (Å²) in [6.07, 6.45) is 2.21. The molecule has 1 aromatic heterocycles. The topological polar surface area (TPSA) is 75.5 Å². The van der Waals surface area contributed by atoms with Gasteiger partial charge in [-0.15, -0.1) is 0 Å². The van der Waals surface area contributed by atoms with Gasteiger partial charge in [0, 0.05) is 33.7 Å². The van der Waals surface area contributed by atoms with Gasteiger partial charge in [0.25, 0.3) is 0 Å². The third-order valence-corrected chi connectivity index (χ3v) is 5.20. The number of hydrogen-bond donors (Lipinski definition) is 2. The van der Waals surface area contributed by atoms with Crippen LogP contribution in [0.3, 0.4) is 0 Å². The van der Waals surface area contributed by atoms with Crippen LogP contribution < -0.4 is 10.7 Å². The van der Waals surface area contributed by atoms with Crippen LogP contribution in [0.15, 0.2) is 70.2 Å². The average Bonchev–Trinajstić information content (AvgIpc) is 3.02. The fraction of sp³-hybridized carbons (Fsp3) is 0.174. The molecule has 0 bridgehead atoms. The van der Waals surface area contributed by atoms with Gasteiger partial charge in [-0.3, -0.25) is 9.59 Å². The number of benzene rings is 2. The maximum atomic E-state index is 11.9. The monoisotopic (exact) mass is 466 g/mol. The fourth-order valence-corrected chi connectivity index (χ4v) is 3.43. The predicted octanol–water partition coefficient (Wildman–Crippen LogP) is 3.67. The first-order valence-electron chi connectivity index (χ1n) is 9.56. The van der Waals surface area contributed by atoms with Crippen LogP contribution in [0.5, 0.6) is 0 Å². The lowest BCUT2D eigenvalue weighted by Crippen LogP contribution is -2.38. The Bertz CT molecular complexity index is 1060. The van der Waals surface area contributed by atoms with Crippen LogP contribution in [-0.2, 0) is 16.0 Å². The maximum absolute atomic E-state index is 11.9. The van der Waals surface area contributed by atoms with Crippen LogP contribution in [-0.4, -0.2) is 29.1 Å². The smallest absolute Gasteiger partial charge is 0.329 e. The summed E-state index contributed by atoms with van der Waals surface area (Å²) in [7, 11) is 0. The van der Waals surface area contributed by atoms with Crippen molar-refractivity contribution in [2.24, 2.45) is 5.10 Å². The minimum Gasteiger partial charge on any atom is -0.347 e. The van der Waals surface area contributed by atoms with Crippen LogP contribution in [0.25, 0.3) is 5.69 Å². The largest absolute Gasteiger partial charge is 0.347 e. The van der Waals surface area contributed by atoms with E-state index in [4.69, 9.17) is 0 Å². The van der Waals surface area contributed by atoms with Crippen LogP contribution in [0.1, 0.15) is 22.5 Å². The van der Waals surface area contributed by atoms with E-state index in [9.17, 15) is 9.59 Å². The van der Waals surface area contributed by atoms with Gasteiger partial charge < -0.3 is 9.88 Å². The molecule has 0 saturated carbocycles. The molecular weight excluding hydrogens is 444 g/mol. The highest BCUT2D eigenvalue weighted by Gasteiger charge is 2.12. The molecule has 0 saturated heterocycles. The Kier molecular flexibility index (Phi) is 7.19. The molecule has 30 heavy (non-hydrogen) atoms. The third-order valence-electron chi connectivity index (χ3n) is 4.67. The van der Waals surface area contributed by atoms with E-state index in [1.807, 2.05) is 74.5 Å². The van der Waals surface area contributed by atoms with Crippen molar-refractivity contribution in [2.45, 2.75) is 20.3 Å². The number of hydrazone groups is 1. The first-order chi connectivity index (χ1) is 14.5. The van der Waals surface area contributed by atoms with Gasteiger partial charge in [0.05, 0.1) is 6.21 Å². The second-order valence-electron chi connectivity index (χ2n) is 6.83. The number of nitrogens with zero attached hydrogens (tertiary/aromatic N) is 2. The van der Waals surface area contributed by atoms with Crippen LogP contribution in [0.2, 0.25) is 0 Å². The van der Waals surface area contributed by atoms with Gasteiger partial charge in [0.2, 0.25) is 0 Å². The number of carbonyl (C=O) groups excluding carboxylic acids is 2. The molecule has 0 atom stereocenters. The van der Waals surface area contributed by atoms with Gasteiger partial charge in [0.1, 0.15) is 0 Å². The molecule has 0 radical (unpaired) electrons. The normalized spacial score (nSPS) is 10.9. The van der Waals surface area contributed by atoms with E-state index in [1.165, 1.54) is 0 Å². The minimum atomic E-state index is -0.791. The molecule has 1 heterocycles. The van der Waals surface area contributed by atoms with Crippen molar-refractivity contribution in [3.05, 3.63) is 87.7 Å². The van der Waals surface area contributed by atoms with Crippen LogP contribution in [0, 0.1) is 13.8 Å². The standard InChI is InChI=1S/C23H23BrN4O2/c1-16-14-19(17(2)28(16)21-10-8-20(24)9-11-21)15-26-27-23(30)22(29)25-13-12-18-6-4-3-5-7-18/h3-11,14-15H,12-13H2,1-2H3,(H,25,29)(H,27,30)/b26-15-. The Labute approximate surface area is 184 Å². The van der Waals surface area contributed by atoms with E-state index in [0.29, 0.717) is 13.0 Å². The lowest BCUT2D eigenvalue weighted by atomic mass is 10.1. The number of hydrogen-bond acceptors (Lipinski definition) is 3. The van der Waals surface area contributed by atoms with Crippen LogP contribution >= 0.6 is 15.9 Å². The maximum Gasteiger partial charge on any atom is 0.329 e. The minimum absolute atomic E-state index is 0.383. The summed E-state index contributed by atoms with van der Waals surface area (Å²) in [5, 5.41) is 6.54. The zero-order valence-corrected chi connectivity index (χ0v) is 18.4. The highest BCUT2D eigenvalue weighted by atomic mass is 79.9. The molecular formula is C23H23BrN4O2. The summed E-state index contributed by atoms with van der Waals surface area (Å²) in [5.41, 5.74) is 7.31. The number of aryl methyl sites for hydroxylation is 1. The van der Waals surface area contributed by atoms with Gasteiger partial charge >= 0.3 is 11.8 Å². The molecule has 0 spiro atoms. The molecule has 6 nitrogen and oxygen atoms in total. The van der Waals surface area contributed by atoms with Crippen molar-refractivity contribution < 1.29 is 9.59 Å². The number of rotatable bonds is 6. The number of aromatic nitrogens is 1. The first kappa shape index (κ1) is 21.5. The van der Waals surface area contributed by atoms with Crippen LogP contribution in [0.4, 0.5) is 0 Å². The van der Waals surface area contributed by atoms with E-state index in [1.54, 1.807) is 6.21 Å². The summed E-state index contributed by atoms with van der Waals surface area (Å²) in [6, 6.07) is 19.7. The SMILES string of the molecule is Cc1cc(/C=N\NC(=O)C(=O)NCCc2ccccc2)c(C)n1-c1ccc(Br)cc1. The molecule has 3 rings (SSSR count). The Morgan fingerprint density at radius 2 is 1.73 bits per heavy atom. The molecule has 0 aliphatic carbocycles. The fourth-order valence-electron chi connectivity index (χ4n) is 3.16. The molecule has 7 heteroatoms. The zero-order valence-electron chi connectivity index (χ0n) is 16.9. The van der Waals surface area contributed by atoms with Crippen molar-refractivity contribution in [1.29, 1.82) is 0 Å². The number of amides is 2. The number of carbonyl (C=O) groups is 2. The summed E-state index contributed by atoms with van der Waals surface area (Å²) in [5.74, 6) is -1.50. The Morgan fingerprint density at radius 1 is 1.03 bits per heavy atom. The van der Waals surface area contributed by atoms with Gasteiger partial charge in [-0.05, 0) is 56.2 Å². The highest BCUT2D eigenvalue weighted by Crippen LogP contribution is 2.21. The van der Waals surface area contributed by atoms with E-state index < -0.39 is 11.8 Å². The zero-order chi connectivity index (χ0) is 21.5. The summed E-state index contributed by atoms with van der Waals surface area (Å²) >= 11 is 3.44. The third kappa shape index (κ3) is 5.45. The molecule has 0 unspecified atom stereocenters. The Morgan fingerprint density at radius 3 is 2.43 bits per heavy atom. The Hall–Kier alpha value is -3.19. The van der Waals surface area contributed by atoms with Crippen molar-refractivity contribution in [3.63, 3.8) is 0 Å². The molecule has 0 fully saturated rings. The van der Waals surface area contributed by atoms with Gasteiger partial charge in [-0.2, -0.15) is 5.10 Å². The molecule has 2 N–H and O–H groups in total. The molecule has 2 aromatic carbocycles. The second-order valence-corrected chi connectivity index (χ2v) is 7.74. The quantitative estimate of drug-likeness (QED) is 0.330. The number of halogens is 1. The summed E-state index contributed by atoms with van der Waals surface area (Å²) in [4.78, 5) is 23.8. The van der Waals surface area contributed by atoms with Gasteiger partial charge in [-0.25, -0.2) is 5.43 Å². The summed E-state index contributed by atoms with van der Waals surface area (Å²) in [6.45, 7) is 4.37. The average molecular weight is 467 g/mol.